The van der Waals surface area contributed by atoms with Gasteiger partial charge in [0.25, 0.3) is 0 Å². The molecule has 2 aromatic rings. The molecule has 0 radical (unpaired) electrons. The number of alkyl halides is 3. The lowest BCUT2D eigenvalue weighted by Crippen LogP contribution is -2.32. The number of benzene rings is 2. The molecular weight excluding hydrogens is 371 g/mol. The fraction of sp³-hybridized carbons (Fsp3) is 0.222. The van der Waals surface area contributed by atoms with Crippen LogP contribution in [0.1, 0.15) is 18.9 Å². The summed E-state index contributed by atoms with van der Waals surface area (Å²) in [5.74, 6) is -3.23. The summed E-state index contributed by atoms with van der Waals surface area (Å²) < 4.78 is 63.9. The van der Waals surface area contributed by atoms with Crippen LogP contribution in [-0.4, -0.2) is 18.4 Å². The average Bonchev–Trinajstić information content (AvgIpc) is 2.57. The van der Waals surface area contributed by atoms with Crippen molar-refractivity contribution in [3.8, 4) is 0 Å². The van der Waals surface area contributed by atoms with Crippen LogP contribution in [-0.2, 0) is 15.8 Å². The molecule has 0 bridgehead atoms. The summed E-state index contributed by atoms with van der Waals surface area (Å²) in [6.45, 7) is 1.09. The molecule has 0 aliphatic heterocycles. The molecule has 0 aromatic heterocycles. The molecule has 2 amide bonds. The number of nitrogens with one attached hydrogen (secondary N) is 1. The van der Waals surface area contributed by atoms with E-state index in [0.29, 0.717) is 0 Å². The summed E-state index contributed by atoms with van der Waals surface area (Å²) in [6.07, 6.45) is -4.67. The summed E-state index contributed by atoms with van der Waals surface area (Å²) >= 11 is 0. The van der Waals surface area contributed by atoms with Crippen LogP contribution >= 0.6 is 0 Å². The van der Waals surface area contributed by atoms with Crippen molar-refractivity contribution in [1.82, 2.24) is 0 Å². The van der Waals surface area contributed by atoms with Gasteiger partial charge >= 0.3 is 6.18 Å². The fourth-order valence-electron chi connectivity index (χ4n) is 2.30. The Bertz CT molecular complexity index is 835. The molecule has 9 heteroatoms. The van der Waals surface area contributed by atoms with Crippen LogP contribution in [0.15, 0.2) is 42.5 Å². The third-order valence-electron chi connectivity index (χ3n) is 3.65. The molecule has 0 saturated carbocycles. The molecule has 0 heterocycles. The number of carbonyl (C=O) groups is 2. The Morgan fingerprint density at radius 1 is 1.00 bits per heavy atom. The molecule has 2 rings (SSSR count). The minimum absolute atomic E-state index is 0.0868. The number of carbonyl (C=O) groups excluding carboxylic acids is 2. The minimum Gasteiger partial charge on any atom is -0.326 e. The highest BCUT2D eigenvalue weighted by Crippen LogP contribution is 2.29. The van der Waals surface area contributed by atoms with Gasteiger partial charge < -0.3 is 10.2 Å². The Morgan fingerprint density at radius 2 is 1.63 bits per heavy atom. The summed E-state index contributed by atoms with van der Waals surface area (Å²) in [4.78, 5) is 24.8. The molecule has 0 saturated heterocycles. The van der Waals surface area contributed by atoms with Gasteiger partial charge in [0.15, 0.2) is 11.6 Å². The van der Waals surface area contributed by atoms with E-state index < -0.39 is 35.2 Å². The van der Waals surface area contributed by atoms with E-state index in [1.54, 1.807) is 0 Å². The molecule has 0 spiro atoms. The Morgan fingerprint density at radius 3 is 2.15 bits per heavy atom. The summed E-state index contributed by atoms with van der Waals surface area (Å²) in [5, 5.41) is 2.41. The average molecular weight is 386 g/mol. The lowest BCUT2D eigenvalue weighted by Gasteiger charge is -2.21. The molecule has 0 aliphatic carbocycles. The molecule has 27 heavy (non-hydrogen) atoms. The van der Waals surface area contributed by atoms with Crippen molar-refractivity contribution >= 4 is 23.2 Å². The van der Waals surface area contributed by atoms with Crippen LogP contribution in [0.5, 0.6) is 0 Å². The van der Waals surface area contributed by atoms with Crippen LogP contribution in [0.4, 0.5) is 33.3 Å². The van der Waals surface area contributed by atoms with Crippen LogP contribution in [0.3, 0.4) is 0 Å². The van der Waals surface area contributed by atoms with Crippen molar-refractivity contribution < 1.29 is 31.5 Å². The third-order valence-corrected chi connectivity index (χ3v) is 3.65. The number of halogens is 5. The van der Waals surface area contributed by atoms with Gasteiger partial charge in [-0.2, -0.15) is 13.2 Å². The topological polar surface area (TPSA) is 49.4 Å². The van der Waals surface area contributed by atoms with Crippen molar-refractivity contribution in [1.29, 1.82) is 0 Å². The number of rotatable bonds is 5. The highest BCUT2D eigenvalue weighted by Gasteiger charge is 2.30. The smallest absolute Gasteiger partial charge is 0.326 e. The normalized spacial score (nSPS) is 11.2. The van der Waals surface area contributed by atoms with E-state index in [2.05, 4.69) is 5.32 Å². The monoisotopic (exact) mass is 386 g/mol. The maximum atomic E-state index is 13.3. The van der Waals surface area contributed by atoms with Crippen molar-refractivity contribution in [2.24, 2.45) is 0 Å². The predicted octanol–water partition coefficient (Wildman–Crippen LogP) is 4.37. The standard InChI is InChI=1S/C18H15F5N2O2/c1-11(26)25(14-6-7-15(19)16(20)10-14)9-8-17(27)24-13-4-2-12(3-5-13)18(21,22)23/h2-7,10H,8-9H2,1H3,(H,24,27). The third kappa shape index (κ3) is 5.50. The summed E-state index contributed by atoms with van der Waals surface area (Å²) in [5.41, 5.74) is -0.597. The van der Waals surface area contributed by atoms with Gasteiger partial charge in [-0.3, -0.25) is 9.59 Å². The molecule has 0 aliphatic rings. The van der Waals surface area contributed by atoms with Crippen LogP contribution in [0.2, 0.25) is 0 Å². The molecule has 0 unspecified atom stereocenters. The Hall–Kier alpha value is -2.97. The second-order valence-corrected chi connectivity index (χ2v) is 5.64. The van der Waals surface area contributed by atoms with E-state index >= 15 is 0 Å². The van der Waals surface area contributed by atoms with Gasteiger partial charge in [0, 0.05) is 37.3 Å². The van der Waals surface area contributed by atoms with Crippen molar-refractivity contribution in [2.75, 3.05) is 16.8 Å². The second-order valence-electron chi connectivity index (χ2n) is 5.64. The number of amides is 2. The first-order valence-corrected chi connectivity index (χ1v) is 7.78. The molecule has 144 valence electrons. The van der Waals surface area contributed by atoms with Gasteiger partial charge in [0.2, 0.25) is 11.8 Å². The Kier molecular flexibility index (Phi) is 6.14. The molecule has 0 atom stereocenters. The Balaban J connectivity index is 1.99. The van der Waals surface area contributed by atoms with Crippen molar-refractivity contribution in [3.05, 3.63) is 59.7 Å². The zero-order chi connectivity index (χ0) is 20.2. The van der Waals surface area contributed by atoms with E-state index in [1.165, 1.54) is 13.0 Å². The van der Waals surface area contributed by atoms with E-state index in [9.17, 15) is 31.5 Å². The predicted molar refractivity (Wildman–Crippen MR) is 89.1 cm³/mol. The molecule has 4 nitrogen and oxygen atoms in total. The Labute approximate surface area is 151 Å². The van der Waals surface area contributed by atoms with Gasteiger partial charge in [-0.05, 0) is 36.4 Å². The first-order chi connectivity index (χ1) is 12.6. The second kappa shape index (κ2) is 8.15. The van der Waals surface area contributed by atoms with Crippen molar-refractivity contribution in [3.63, 3.8) is 0 Å². The molecule has 2 aromatic carbocycles. The number of nitrogens with zero attached hydrogens (tertiary/aromatic N) is 1. The fourth-order valence-corrected chi connectivity index (χ4v) is 2.30. The van der Waals surface area contributed by atoms with Gasteiger partial charge in [-0.1, -0.05) is 0 Å². The highest BCUT2D eigenvalue weighted by atomic mass is 19.4. The van der Waals surface area contributed by atoms with E-state index in [1.807, 2.05) is 0 Å². The zero-order valence-electron chi connectivity index (χ0n) is 14.1. The quantitative estimate of drug-likeness (QED) is 0.776. The summed E-state index contributed by atoms with van der Waals surface area (Å²) in [7, 11) is 0. The number of anilines is 2. The van der Waals surface area contributed by atoms with Crippen LogP contribution in [0.25, 0.3) is 0 Å². The van der Waals surface area contributed by atoms with E-state index in [4.69, 9.17) is 0 Å². The van der Waals surface area contributed by atoms with Gasteiger partial charge in [-0.25, -0.2) is 8.78 Å². The molecular formula is C18H15F5N2O2. The first-order valence-electron chi connectivity index (χ1n) is 7.78. The SMILES string of the molecule is CC(=O)N(CCC(=O)Nc1ccc(C(F)(F)F)cc1)c1ccc(F)c(F)c1. The van der Waals surface area contributed by atoms with Gasteiger partial charge in [-0.15, -0.1) is 0 Å². The maximum Gasteiger partial charge on any atom is 0.416 e. The lowest BCUT2D eigenvalue weighted by molar-refractivity contribution is -0.137. The molecule has 1 N–H and O–H groups in total. The zero-order valence-corrected chi connectivity index (χ0v) is 14.1. The molecule has 0 fully saturated rings. The number of hydrogen-bond acceptors (Lipinski definition) is 2. The van der Waals surface area contributed by atoms with Gasteiger partial charge in [0.1, 0.15) is 0 Å². The van der Waals surface area contributed by atoms with E-state index in [0.717, 1.165) is 41.3 Å². The highest BCUT2D eigenvalue weighted by molar-refractivity contribution is 5.94. The van der Waals surface area contributed by atoms with Crippen molar-refractivity contribution in [2.45, 2.75) is 19.5 Å². The van der Waals surface area contributed by atoms with E-state index in [-0.39, 0.29) is 24.3 Å². The van der Waals surface area contributed by atoms with Crippen LogP contribution < -0.4 is 10.2 Å². The lowest BCUT2D eigenvalue weighted by atomic mass is 10.2. The minimum atomic E-state index is -4.48. The van der Waals surface area contributed by atoms with Gasteiger partial charge in [0.05, 0.1) is 5.56 Å². The number of hydrogen-bond donors (Lipinski definition) is 1. The maximum absolute atomic E-state index is 13.3. The van der Waals surface area contributed by atoms with Crippen LogP contribution in [0, 0.1) is 11.6 Å². The summed E-state index contributed by atoms with van der Waals surface area (Å²) in [6, 6.07) is 6.79. The largest absolute Gasteiger partial charge is 0.416 e. The first kappa shape index (κ1) is 20.3.